The lowest BCUT2D eigenvalue weighted by Gasteiger charge is -2.27. The fraction of sp³-hybridized carbons (Fsp3) is 0.333. The van der Waals surface area contributed by atoms with Gasteiger partial charge < -0.3 is 14.8 Å². The molecule has 0 radical (unpaired) electrons. The molecule has 2 aromatic rings. The van der Waals surface area contributed by atoms with Crippen LogP contribution in [0.3, 0.4) is 0 Å². The normalized spacial score (nSPS) is 16.7. The van der Waals surface area contributed by atoms with E-state index in [4.69, 9.17) is 9.47 Å². The molecule has 3 rings (SSSR count). The minimum Gasteiger partial charge on any atom is -0.460 e. The van der Waals surface area contributed by atoms with Gasteiger partial charge in [-0.1, -0.05) is 6.07 Å². The molecular formula is C15H17N5O3. The molecule has 3 heterocycles. The maximum Gasteiger partial charge on any atom is 0.338 e. The van der Waals surface area contributed by atoms with Crippen molar-refractivity contribution < 1.29 is 14.3 Å². The van der Waals surface area contributed by atoms with Crippen LogP contribution in [0.15, 0.2) is 42.1 Å². The van der Waals surface area contributed by atoms with E-state index in [2.05, 4.69) is 20.4 Å². The molecule has 1 N–H and O–H groups in total. The highest BCUT2D eigenvalue weighted by atomic mass is 16.6. The third kappa shape index (κ3) is 2.93. The van der Waals surface area contributed by atoms with Crippen LogP contribution >= 0.6 is 0 Å². The summed E-state index contributed by atoms with van der Waals surface area (Å²) < 4.78 is 11.9. The molecule has 1 aliphatic heterocycles. The van der Waals surface area contributed by atoms with Crippen LogP contribution < -0.4 is 5.32 Å². The largest absolute Gasteiger partial charge is 0.460 e. The summed E-state index contributed by atoms with van der Waals surface area (Å²) in [7, 11) is 1.56. The minimum atomic E-state index is -0.433. The van der Waals surface area contributed by atoms with Crippen molar-refractivity contribution in [1.82, 2.24) is 19.7 Å². The number of allylic oxidation sites excluding steroid dienone is 1. The average molecular weight is 315 g/mol. The topological polar surface area (TPSA) is 91.2 Å². The third-order valence-electron chi connectivity index (χ3n) is 3.54. The molecule has 1 atom stereocenters. The number of anilines is 1. The van der Waals surface area contributed by atoms with Crippen LogP contribution in [0.5, 0.6) is 0 Å². The number of pyridine rings is 1. The highest BCUT2D eigenvalue weighted by molar-refractivity contribution is 5.92. The van der Waals surface area contributed by atoms with Crippen LogP contribution in [-0.2, 0) is 14.3 Å². The monoisotopic (exact) mass is 315 g/mol. The van der Waals surface area contributed by atoms with Gasteiger partial charge in [-0.3, -0.25) is 4.98 Å². The fourth-order valence-corrected chi connectivity index (χ4v) is 2.50. The van der Waals surface area contributed by atoms with Crippen molar-refractivity contribution in [2.45, 2.75) is 13.0 Å². The highest BCUT2D eigenvalue weighted by Crippen LogP contribution is 2.34. The van der Waals surface area contributed by atoms with Crippen LogP contribution in [0.1, 0.15) is 18.5 Å². The maximum atomic E-state index is 12.5. The first-order valence-electron chi connectivity index (χ1n) is 7.15. The maximum absolute atomic E-state index is 12.5. The quantitative estimate of drug-likeness (QED) is 0.653. The van der Waals surface area contributed by atoms with Crippen molar-refractivity contribution in [1.29, 1.82) is 0 Å². The highest BCUT2D eigenvalue weighted by Gasteiger charge is 2.34. The summed E-state index contributed by atoms with van der Waals surface area (Å²) in [6, 6.07) is 3.28. The Bertz CT molecular complexity index is 726. The first-order chi connectivity index (χ1) is 11.2. The Kier molecular flexibility index (Phi) is 4.33. The molecule has 0 fully saturated rings. The molecule has 0 spiro atoms. The molecule has 0 saturated heterocycles. The van der Waals surface area contributed by atoms with Crippen molar-refractivity contribution in [2.75, 3.05) is 25.6 Å². The number of rotatable bonds is 5. The third-order valence-corrected chi connectivity index (χ3v) is 3.54. The van der Waals surface area contributed by atoms with Crippen LogP contribution in [-0.4, -0.2) is 46.0 Å². The lowest BCUT2D eigenvalue weighted by atomic mass is 9.97. The number of methoxy groups -OCH3 is 1. The summed E-state index contributed by atoms with van der Waals surface area (Å²) >= 11 is 0. The van der Waals surface area contributed by atoms with Crippen LogP contribution in [0.4, 0.5) is 5.95 Å². The zero-order valence-electron chi connectivity index (χ0n) is 12.9. The van der Waals surface area contributed by atoms with Crippen LogP contribution in [0.2, 0.25) is 0 Å². The molecule has 2 aromatic heterocycles. The Morgan fingerprint density at radius 2 is 2.30 bits per heavy atom. The molecule has 0 aromatic carbocycles. The minimum absolute atomic E-state index is 0.191. The van der Waals surface area contributed by atoms with E-state index in [1.807, 2.05) is 19.1 Å². The number of carbonyl (C=O) groups is 1. The molecule has 8 heteroatoms. The Hall–Kier alpha value is -2.74. The SMILES string of the molecule is COCCOC(=O)C1=C(C)Nc2ncnn2[C@H]1c1cccnc1. The first-order valence-corrected chi connectivity index (χ1v) is 7.15. The molecule has 23 heavy (non-hydrogen) atoms. The summed E-state index contributed by atoms with van der Waals surface area (Å²) in [5.41, 5.74) is 1.99. The standard InChI is InChI=1S/C15H17N5O3/c1-10-12(14(21)23-7-6-22-2)13(11-4-3-5-16-8-11)20-15(19-10)17-9-18-20/h3-5,8-9,13H,6-7H2,1-2H3,(H,17,18,19)/t13-/m0/s1. The molecule has 120 valence electrons. The summed E-state index contributed by atoms with van der Waals surface area (Å²) in [5, 5.41) is 7.30. The van der Waals surface area contributed by atoms with E-state index >= 15 is 0 Å². The Balaban J connectivity index is 1.99. The predicted molar refractivity (Wildman–Crippen MR) is 81.6 cm³/mol. The van der Waals surface area contributed by atoms with Crippen molar-refractivity contribution in [2.24, 2.45) is 0 Å². The number of nitrogens with one attached hydrogen (secondary N) is 1. The van der Waals surface area contributed by atoms with Gasteiger partial charge in [-0.05, 0) is 18.6 Å². The van der Waals surface area contributed by atoms with Crippen molar-refractivity contribution in [3.8, 4) is 0 Å². The molecule has 1 aliphatic rings. The zero-order chi connectivity index (χ0) is 16.2. The summed E-state index contributed by atoms with van der Waals surface area (Å²) in [6.45, 7) is 2.35. The van der Waals surface area contributed by atoms with E-state index in [1.165, 1.54) is 6.33 Å². The van der Waals surface area contributed by atoms with Crippen molar-refractivity contribution in [3.05, 3.63) is 47.7 Å². The molecule has 0 amide bonds. The second kappa shape index (κ2) is 6.57. The van der Waals surface area contributed by atoms with Crippen LogP contribution in [0, 0.1) is 0 Å². The van der Waals surface area contributed by atoms with E-state index < -0.39 is 12.0 Å². The summed E-state index contributed by atoms with van der Waals surface area (Å²) in [5.74, 6) is 0.159. The molecule has 8 nitrogen and oxygen atoms in total. The lowest BCUT2D eigenvalue weighted by molar-refractivity contribution is -0.140. The molecule has 0 aliphatic carbocycles. The van der Waals surface area contributed by atoms with E-state index in [9.17, 15) is 4.79 Å². The van der Waals surface area contributed by atoms with Gasteiger partial charge in [0.05, 0.1) is 12.2 Å². The van der Waals surface area contributed by atoms with Crippen LogP contribution in [0.25, 0.3) is 0 Å². The van der Waals surface area contributed by atoms with Gasteiger partial charge in [-0.15, -0.1) is 0 Å². The second-order valence-corrected chi connectivity index (χ2v) is 5.01. The number of hydrogen-bond donors (Lipinski definition) is 1. The Morgan fingerprint density at radius 1 is 1.43 bits per heavy atom. The summed E-state index contributed by atoms with van der Waals surface area (Å²) in [4.78, 5) is 20.8. The number of ether oxygens (including phenoxy) is 2. The van der Waals surface area contributed by atoms with Gasteiger partial charge >= 0.3 is 5.97 Å². The zero-order valence-corrected chi connectivity index (χ0v) is 12.9. The number of fused-ring (bicyclic) bond motifs is 1. The van der Waals surface area contributed by atoms with Gasteiger partial charge in [0, 0.05) is 25.2 Å². The number of esters is 1. The van der Waals surface area contributed by atoms with E-state index in [-0.39, 0.29) is 6.61 Å². The first kappa shape index (κ1) is 15.2. The predicted octanol–water partition coefficient (Wildman–Crippen LogP) is 1.15. The van der Waals surface area contributed by atoms with Crippen molar-refractivity contribution in [3.63, 3.8) is 0 Å². The smallest absolute Gasteiger partial charge is 0.338 e. The average Bonchev–Trinajstić information content (AvgIpc) is 3.02. The van der Waals surface area contributed by atoms with Gasteiger partial charge in [-0.2, -0.15) is 10.1 Å². The molecular weight excluding hydrogens is 298 g/mol. The van der Waals surface area contributed by atoms with E-state index in [0.29, 0.717) is 23.8 Å². The second-order valence-electron chi connectivity index (χ2n) is 5.01. The summed E-state index contributed by atoms with van der Waals surface area (Å²) in [6.07, 6.45) is 4.83. The van der Waals surface area contributed by atoms with Gasteiger partial charge in [0.2, 0.25) is 5.95 Å². The van der Waals surface area contributed by atoms with Gasteiger partial charge in [0.15, 0.2) is 0 Å². The lowest BCUT2D eigenvalue weighted by Crippen LogP contribution is -2.30. The number of hydrogen-bond acceptors (Lipinski definition) is 7. The van der Waals surface area contributed by atoms with E-state index in [1.54, 1.807) is 24.2 Å². The van der Waals surface area contributed by atoms with Gasteiger partial charge in [0.1, 0.15) is 19.0 Å². The molecule has 0 bridgehead atoms. The fourth-order valence-electron chi connectivity index (χ4n) is 2.50. The number of aromatic nitrogens is 4. The molecule has 0 saturated carbocycles. The van der Waals surface area contributed by atoms with E-state index in [0.717, 1.165) is 5.56 Å². The Labute approximate surface area is 133 Å². The van der Waals surface area contributed by atoms with Gasteiger partial charge in [-0.25, -0.2) is 9.48 Å². The van der Waals surface area contributed by atoms with Gasteiger partial charge in [0.25, 0.3) is 0 Å². The Morgan fingerprint density at radius 3 is 3.04 bits per heavy atom. The number of nitrogens with zero attached hydrogens (tertiary/aromatic N) is 4. The molecule has 0 unspecified atom stereocenters. The number of carbonyl (C=O) groups excluding carboxylic acids is 1. The van der Waals surface area contributed by atoms with Crippen molar-refractivity contribution >= 4 is 11.9 Å².